The Morgan fingerprint density at radius 3 is 2.04 bits per heavy atom. The minimum atomic E-state index is -1.15. The summed E-state index contributed by atoms with van der Waals surface area (Å²) in [5.41, 5.74) is 16.5. The Bertz CT molecular complexity index is 3640. The van der Waals surface area contributed by atoms with E-state index in [4.69, 9.17) is 12.2 Å². The number of carbonyl (C=O) groups is 2. The summed E-state index contributed by atoms with van der Waals surface area (Å²) in [4.78, 5) is 41.3. The molecule has 2 aliphatic rings. The molecular weight excluding hydrogens is 947 g/mol. The van der Waals surface area contributed by atoms with Crippen molar-refractivity contribution in [2.24, 2.45) is 0 Å². The number of nitrogens with zero attached hydrogens (tertiary/aromatic N) is 3. The first-order chi connectivity index (χ1) is 34.9. The van der Waals surface area contributed by atoms with Crippen LogP contribution in [0.2, 0.25) is 0 Å². The molecule has 2 aromatic heterocycles. The molecule has 0 unspecified atom stereocenters. The van der Waals surface area contributed by atoms with Gasteiger partial charge in [-0.3, -0.25) is 23.9 Å². The molecule has 1 N–H and O–H groups in total. The van der Waals surface area contributed by atoms with Crippen molar-refractivity contribution in [3.63, 3.8) is 0 Å². The third-order valence-electron chi connectivity index (χ3n) is 14.8. The second-order valence-electron chi connectivity index (χ2n) is 19.8. The molecule has 0 radical (unpaired) electrons. The zero-order valence-electron chi connectivity index (χ0n) is 41.8. The molecule has 3 heterocycles. The molecule has 366 valence electrons. The van der Waals surface area contributed by atoms with E-state index in [-0.39, 0.29) is 11.3 Å². The van der Waals surface area contributed by atoms with E-state index in [2.05, 4.69) is 154 Å². The first kappa shape index (κ1) is 49.3. The van der Waals surface area contributed by atoms with Crippen LogP contribution >= 0.6 is 35.3 Å². The van der Waals surface area contributed by atoms with Crippen molar-refractivity contribution < 1.29 is 14.7 Å². The number of benzene rings is 6. The first-order valence-corrected chi connectivity index (χ1v) is 27.7. The number of unbranched alkanes of at least 4 members (excludes halogenated alkanes) is 6. The predicted molar refractivity (Wildman–Crippen MR) is 305 cm³/mol. The molecule has 1 aliphatic carbocycles. The molecule has 8 aromatic rings. The molecule has 10 heteroatoms. The van der Waals surface area contributed by atoms with Gasteiger partial charge in [-0.05, 0) is 136 Å². The van der Waals surface area contributed by atoms with E-state index in [1.54, 1.807) is 0 Å². The number of hydrogen-bond donors (Lipinski definition) is 1. The number of fused-ring (bicyclic) bond motifs is 6. The maximum Gasteiger partial charge on any atom is 0.323 e. The number of amides is 1. The van der Waals surface area contributed by atoms with E-state index in [0.29, 0.717) is 25.0 Å². The first-order valence-electron chi connectivity index (χ1n) is 25.7. The van der Waals surface area contributed by atoms with Gasteiger partial charge in [0.1, 0.15) is 20.4 Å². The van der Waals surface area contributed by atoms with E-state index in [9.17, 15) is 19.5 Å². The van der Waals surface area contributed by atoms with Crippen LogP contribution in [0.25, 0.3) is 71.9 Å². The van der Waals surface area contributed by atoms with E-state index in [1.807, 2.05) is 13.0 Å². The molecule has 0 atom stereocenters. The molecule has 0 saturated carbocycles. The summed E-state index contributed by atoms with van der Waals surface area (Å²) in [5.74, 6) is -1.45. The number of para-hydroxylation sites is 1. The van der Waals surface area contributed by atoms with Gasteiger partial charge in [0.15, 0.2) is 0 Å². The topological polar surface area (TPSA) is 84.5 Å². The van der Waals surface area contributed by atoms with Crippen LogP contribution in [0.5, 0.6) is 0 Å². The fourth-order valence-electron chi connectivity index (χ4n) is 11.0. The summed E-state index contributed by atoms with van der Waals surface area (Å²) in [6, 6.07) is 45.1. The number of aliphatic carboxylic acids is 1. The van der Waals surface area contributed by atoms with Gasteiger partial charge in [-0.1, -0.05) is 175 Å². The van der Waals surface area contributed by atoms with Crippen LogP contribution in [-0.4, -0.2) is 41.9 Å². The lowest BCUT2D eigenvalue weighted by molar-refractivity contribution is -0.137. The van der Waals surface area contributed by atoms with Gasteiger partial charge in [-0.25, -0.2) is 0 Å². The highest BCUT2D eigenvalue weighted by molar-refractivity contribution is 8.30. The summed E-state index contributed by atoms with van der Waals surface area (Å²) >= 11 is 7.77. The molecule has 1 fully saturated rings. The van der Waals surface area contributed by atoms with Crippen LogP contribution < -0.4 is 14.8 Å². The lowest BCUT2D eigenvalue weighted by Crippen LogP contribution is -2.35. The van der Waals surface area contributed by atoms with Crippen molar-refractivity contribution >= 4 is 84.3 Å². The molecule has 1 amide bonds. The van der Waals surface area contributed by atoms with E-state index >= 15 is 0 Å². The van der Waals surface area contributed by atoms with Gasteiger partial charge < -0.3 is 9.67 Å². The normalized spacial score (nSPS) is 15.1. The lowest BCUT2D eigenvalue weighted by atomic mass is 9.82. The highest BCUT2D eigenvalue weighted by Gasteiger charge is 2.36. The zero-order chi connectivity index (χ0) is 50.3. The maximum atomic E-state index is 14.1. The minimum Gasteiger partial charge on any atom is -0.480 e. The number of rotatable bonds is 17. The van der Waals surface area contributed by atoms with E-state index in [0.717, 1.165) is 96.0 Å². The maximum absolute atomic E-state index is 14.1. The number of thioether (sulfide) groups is 1. The number of thiocarbonyl (C=S) groups is 1. The fraction of sp³-hybridized carbons (Fsp3) is 0.290. The van der Waals surface area contributed by atoms with E-state index in [1.165, 1.54) is 89.5 Å². The van der Waals surface area contributed by atoms with E-state index < -0.39 is 18.1 Å². The largest absolute Gasteiger partial charge is 0.480 e. The van der Waals surface area contributed by atoms with Crippen molar-refractivity contribution in [1.29, 1.82) is 0 Å². The Kier molecular flexibility index (Phi) is 14.1. The fourth-order valence-corrected chi connectivity index (χ4v) is 13.7. The summed E-state index contributed by atoms with van der Waals surface area (Å²) < 4.78 is 4.77. The summed E-state index contributed by atoms with van der Waals surface area (Å²) in [7, 11) is 0. The number of aromatic nitrogens is 2. The quantitative estimate of drug-likeness (QED) is 0.0723. The highest BCUT2D eigenvalue weighted by Crippen LogP contribution is 2.51. The van der Waals surface area contributed by atoms with Crippen LogP contribution in [0.1, 0.15) is 114 Å². The van der Waals surface area contributed by atoms with Crippen molar-refractivity contribution in [2.75, 3.05) is 6.54 Å². The van der Waals surface area contributed by atoms with Crippen molar-refractivity contribution in [2.45, 2.75) is 111 Å². The number of carboxylic acids is 1. The number of carbonyl (C=O) groups excluding carboxylic acids is 1. The van der Waals surface area contributed by atoms with Crippen LogP contribution in [-0.2, 0) is 34.4 Å². The molecule has 10 rings (SSSR count). The van der Waals surface area contributed by atoms with Crippen molar-refractivity contribution in [1.82, 2.24) is 14.0 Å². The van der Waals surface area contributed by atoms with Gasteiger partial charge in [-0.15, -0.1) is 11.3 Å². The lowest BCUT2D eigenvalue weighted by Gasteiger charge is -2.21. The number of thiazole rings is 1. The van der Waals surface area contributed by atoms with Gasteiger partial charge in [0, 0.05) is 28.4 Å². The monoisotopic (exact) mass is 1010 g/mol. The smallest absolute Gasteiger partial charge is 0.323 e. The van der Waals surface area contributed by atoms with Crippen molar-refractivity contribution in [3.05, 3.63) is 169 Å². The predicted octanol–water partition coefficient (Wildman–Crippen LogP) is 13.8. The molecule has 6 aromatic carbocycles. The number of carboxylic acid groups (broad SMARTS) is 1. The van der Waals surface area contributed by atoms with Crippen LogP contribution in [0.3, 0.4) is 0 Å². The van der Waals surface area contributed by atoms with Gasteiger partial charge >= 0.3 is 5.97 Å². The average molecular weight is 1010 g/mol. The van der Waals surface area contributed by atoms with Gasteiger partial charge in [-0.2, -0.15) is 0 Å². The molecular formula is C62H61N3O4S3. The Hall–Kier alpha value is -6.33. The molecule has 7 nitrogen and oxygen atoms in total. The SMILES string of the molecule is CCCCCCc1cc(-c2ccc(-c3ccc4c(c3)c3cc5c(cc3n4-c3ccccc3)C(C)(C)c3ccccc3-5)c(CCCCCC)c2)ccc1/C=c1\s/c(=C2\SC(=S)N(CC)C2=O)n(CC(=O)O)c1=O. The van der Waals surface area contributed by atoms with Crippen molar-refractivity contribution in [3.8, 4) is 39.1 Å². The second kappa shape index (κ2) is 20.7. The third kappa shape index (κ3) is 9.11. The summed E-state index contributed by atoms with van der Waals surface area (Å²) in [5, 5.41) is 12.3. The molecule has 0 bridgehead atoms. The molecule has 0 spiro atoms. The number of hydrogen-bond acceptors (Lipinski definition) is 6. The molecule has 1 saturated heterocycles. The summed E-state index contributed by atoms with van der Waals surface area (Å²) in [6.45, 7) is 10.9. The third-order valence-corrected chi connectivity index (χ3v) is 17.5. The highest BCUT2D eigenvalue weighted by atomic mass is 32.2. The second-order valence-corrected chi connectivity index (χ2v) is 22.5. The van der Waals surface area contributed by atoms with Crippen LogP contribution in [0, 0.1) is 0 Å². The van der Waals surface area contributed by atoms with Crippen LogP contribution in [0.4, 0.5) is 0 Å². The molecule has 1 aliphatic heterocycles. The summed E-state index contributed by atoms with van der Waals surface area (Å²) in [6.07, 6.45) is 12.7. The standard InChI is InChI=1S/C62H61N3O4S3/c1-6-9-11-14-20-39-32-40(26-27-42(39)35-55-58(68)64(38-56(66)67)60(71-55)57-59(69)63(8-3)61(70)72-57)41-28-30-46(43(33-41)21-15-12-10-7-2)44-29-31-53-49(34-44)50-36-48-47-24-18-19-25-51(47)62(4,5)52(48)37-54(50)65(53)45-22-16-13-17-23-45/h13,16-19,22-37H,6-12,14-15,20-21,38H2,1-5H3,(H,66,67)/b55-35-,60-57-. The number of aryl methyl sites for hydroxylation is 2. The Labute approximate surface area is 435 Å². The molecule has 72 heavy (non-hydrogen) atoms. The average Bonchev–Trinajstić information content (AvgIpc) is 4.04. The Morgan fingerprint density at radius 2 is 1.33 bits per heavy atom. The zero-order valence-corrected chi connectivity index (χ0v) is 44.3. The minimum absolute atomic E-state index is 0.115. The Balaban J connectivity index is 1.09. The van der Waals surface area contributed by atoms with Gasteiger partial charge in [0.2, 0.25) is 0 Å². The Morgan fingerprint density at radius 1 is 0.667 bits per heavy atom. The van der Waals surface area contributed by atoms with Crippen LogP contribution in [0.15, 0.2) is 126 Å². The van der Waals surface area contributed by atoms with Gasteiger partial charge in [0.25, 0.3) is 11.5 Å². The van der Waals surface area contributed by atoms with Gasteiger partial charge in [0.05, 0.1) is 15.6 Å².